The summed E-state index contributed by atoms with van der Waals surface area (Å²) in [4.78, 5) is 10.9. The molecule has 0 bridgehead atoms. The van der Waals surface area contributed by atoms with Gasteiger partial charge in [-0.2, -0.15) is 0 Å². The van der Waals surface area contributed by atoms with Gasteiger partial charge >= 0.3 is 5.97 Å². The van der Waals surface area contributed by atoms with Crippen molar-refractivity contribution in [2.75, 3.05) is 6.61 Å². The molecule has 1 aliphatic rings. The highest BCUT2D eigenvalue weighted by atomic mass is 16.5. The maximum atomic E-state index is 10.9. The minimum atomic E-state index is -0.941. The Morgan fingerprint density at radius 2 is 2.46 bits per heavy atom. The second-order valence-electron chi connectivity index (χ2n) is 3.18. The Kier molecular flexibility index (Phi) is 3.32. The highest BCUT2D eigenvalue weighted by molar-refractivity contribution is 5.77. The van der Waals surface area contributed by atoms with Crippen LogP contribution >= 0.6 is 0 Å². The molecule has 0 spiro atoms. The number of carbonyl (C=O) groups is 1. The lowest BCUT2D eigenvalue weighted by atomic mass is 9.94. The van der Waals surface area contributed by atoms with Crippen LogP contribution in [-0.2, 0) is 9.53 Å². The summed E-state index contributed by atoms with van der Waals surface area (Å²) in [6.07, 6.45) is 2.56. The molecule has 0 amide bonds. The molecule has 0 aromatic heterocycles. The summed E-state index contributed by atoms with van der Waals surface area (Å²) >= 11 is 0. The lowest BCUT2D eigenvalue weighted by Crippen LogP contribution is -2.37. The molecule has 0 aromatic carbocycles. The van der Waals surface area contributed by atoms with Crippen LogP contribution < -0.4 is 0 Å². The Balaban J connectivity index is 2.55. The quantitative estimate of drug-likeness (QED) is 0.671. The number of carboxylic acid groups (broad SMARTS) is 1. The van der Waals surface area contributed by atoms with Crippen molar-refractivity contribution in [3.63, 3.8) is 0 Å². The minimum Gasteiger partial charge on any atom is -0.479 e. The van der Waals surface area contributed by atoms with Crippen LogP contribution in [0.25, 0.3) is 0 Å². The van der Waals surface area contributed by atoms with Crippen LogP contribution in [0.2, 0.25) is 0 Å². The average molecular weight is 182 g/mol. The van der Waals surface area contributed by atoms with Gasteiger partial charge in [-0.05, 0) is 26.2 Å². The third-order valence-electron chi connectivity index (χ3n) is 2.32. The molecule has 1 saturated heterocycles. The summed E-state index contributed by atoms with van der Waals surface area (Å²) in [5, 5.41) is 8.99. The van der Waals surface area contributed by atoms with E-state index < -0.39 is 11.6 Å². The third-order valence-corrected chi connectivity index (χ3v) is 2.32. The number of aliphatic carboxylic acids is 1. The molecule has 1 atom stereocenters. The van der Waals surface area contributed by atoms with Gasteiger partial charge in [-0.1, -0.05) is 0 Å². The van der Waals surface area contributed by atoms with Gasteiger partial charge in [0.25, 0.3) is 0 Å². The molecular formula is C10H14O3. The first kappa shape index (κ1) is 10.1. The van der Waals surface area contributed by atoms with E-state index in [1.54, 1.807) is 6.92 Å². The first-order valence-electron chi connectivity index (χ1n) is 4.48. The molecular weight excluding hydrogens is 168 g/mol. The van der Waals surface area contributed by atoms with E-state index in [4.69, 9.17) is 9.84 Å². The summed E-state index contributed by atoms with van der Waals surface area (Å²) in [5.41, 5.74) is -0.941. The fraction of sp³-hybridized carbons (Fsp3) is 0.700. The molecule has 0 radical (unpaired) electrons. The Morgan fingerprint density at radius 3 is 2.92 bits per heavy atom. The molecule has 1 heterocycles. The molecule has 1 aliphatic heterocycles. The van der Waals surface area contributed by atoms with Crippen molar-refractivity contribution in [3.8, 4) is 11.8 Å². The zero-order chi connectivity index (χ0) is 9.73. The Hall–Kier alpha value is -1.01. The SMILES string of the molecule is CC#CCCC1(C(=O)O)CCCO1. The average Bonchev–Trinajstić information content (AvgIpc) is 2.55. The van der Waals surface area contributed by atoms with Crippen molar-refractivity contribution in [3.05, 3.63) is 0 Å². The second kappa shape index (κ2) is 4.29. The number of carboxylic acids is 1. The van der Waals surface area contributed by atoms with Crippen molar-refractivity contribution in [2.45, 2.75) is 38.2 Å². The normalized spacial score (nSPS) is 26.5. The van der Waals surface area contributed by atoms with Gasteiger partial charge in [0.2, 0.25) is 0 Å². The summed E-state index contributed by atoms with van der Waals surface area (Å²) in [7, 11) is 0. The molecule has 13 heavy (non-hydrogen) atoms. The zero-order valence-electron chi connectivity index (χ0n) is 7.80. The Bertz CT molecular complexity index is 241. The van der Waals surface area contributed by atoms with E-state index in [1.165, 1.54) is 0 Å². The van der Waals surface area contributed by atoms with Crippen molar-refractivity contribution in [1.82, 2.24) is 0 Å². The largest absolute Gasteiger partial charge is 0.479 e. The molecule has 72 valence electrons. The van der Waals surface area contributed by atoms with E-state index >= 15 is 0 Å². The second-order valence-corrected chi connectivity index (χ2v) is 3.18. The molecule has 3 heteroatoms. The zero-order valence-corrected chi connectivity index (χ0v) is 7.80. The first-order chi connectivity index (χ1) is 6.21. The standard InChI is InChI=1S/C10H14O3/c1-2-3-4-6-10(9(11)12)7-5-8-13-10/h4-8H2,1H3,(H,11,12). The molecule has 3 nitrogen and oxygen atoms in total. The maximum Gasteiger partial charge on any atom is 0.336 e. The predicted octanol–water partition coefficient (Wildman–Crippen LogP) is 1.42. The monoisotopic (exact) mass is 182 g/mol. The summed E-state index contributed by atoms with van der Waals surface area (Å²) < 4.78 is 5.28. The van der Waals surface area contributed by atoms with Crippen LogP contribution in [0, 0.1) is 11.8 Å². The smallest absolute Gasteiger partial charge is 0.336 e. The van der Waals surface area contributed by atoms with Crippen molar-refractivity contribution in [1.29, 1.82) is 0 Å². The fourth-order valence-corrected chi connectivity index (χ4v) is 1.56. The van der Waals surface area contributed by atoms with Gasteiger partial charge in [-0.15, -0.1) is 11.8 Å². The van der Waals surface area contributed by atoms with Crippen LogP contribution in [0.5, 0.6) is 0 Å². The Morgan fingerprint density at radius 1 is 1.69 bits per heavy atom. The van der Waals surface area contributed by atoms with E-state index in [-0.39, 0.29) is 0 Å². The molecule has 0 aliphatic carbocycles. The van der Waals surface area contributed by atoms with Gasteiger partial charge < -0.3 is 9.84 Å². The van der Waals surface area contributed by atoms with Crippen LogP contribution in [0.15, 0.2) is 0 Å². The molecule has 1 rings (SSSR count). The van der Waals surface area contributed by atoms with Crippen LogP contribution in [0.4, 0.5) is 0 Å². The van der Waals surface area contributed by atoms with Crippen molar-refractivity contribution >= 4 is 5.97 Å². The molecule has 0 aromatic rings. The van der Waals surface area contributed by atoms with Gasteiger partial charge in [0.05, 0.1) is 0 Å². The lowest BCUT2D eigenvalue weighted by molar-refractivity contribution is -0.160. The fourth-order valence-electron chi connectivity index (χ4n) is 1.56. The number of hydrogen-bond acceptors (Lipinski definition) is 2. The predicted molar refractivity (Wildman–Crippen MR) is 48.2 cm³/mol. The van der Waals surface area contributed by atoms with E-state index in [0.29, 0.717) is 25.9 Å². The topological polar surface area (TPSA) is 46.5 Å². The van der Waals surface area contributed by atoms with Crippen LogP contribution in [0.3, 0.4) is 0 Å². The third kappa shape index (κ3) is 2.22. The van der Waals surface area contributed by atoms with Crippen LogP contribution in [-0.4, -0.2) is 23.3 Å². The minimum absolute atomic E-state index is 0.503. The van der Waals surface area contributed by atoms with Crippen LogP contribution in [0.1, 0.15) is 32.6 Å². The van der Waals surface area contributed by atoms with E-state index in [9.17, 15) is 4.79 Å². The Labute approximate surface area is 78.1 Å². The van der Waals surface area contributed by atoms with Gasteiger partial charge in [0, 0.05) is 13.0 Å². The molecule has 1 fully saturated rings. The number of rotatable bonds is 3. The first-order valence-corrected chi connectivity index (χ1v) is 4.48. The maximum absolute atomic E-state index is 10.9. The number of hydrogen-bond donors (Lipinski definition) is 1. The molecule has 0 saturated carbocycles. The highest BCUT2D eigenvalue weighted by Gasteiger charge is 2.41. The van der Waals surface area contributed by atoms with Gasteiger partial charge in [0.1, 0.15) is 0 Å². The summed E-state index contributed by atoms with van der Waals surface area (Å²) in [5.74, 6) is 4.77. The van der Waals surface area contributed by atoms with E-state index in [0.717, 1.165) is 6.42 Å². The summed E-state index contributed by atoms with van der Waals surface area (Å²) in [6, 6.07) is 0. The van der Waals surface area contributed by atoms with E-state index in [2.05, 4.69) is 11.8 Å². The van der Waals surface area contributed by atoms with Crippen molar-refractivity contribution in [2.24, 2.45) is 0 Å². The summed E-state index contributed by atoms with van der Waals surface area (Å²) in [6.45, 7) is 2.31. The van der Waals surface area contributed by atoms with Crippen molar-refractivity contribution < 1.29 is 14.6 Å². The number of ether oxygens (including phenoxy) is 1. The highest BCUT2D eigenvalue weighted by Crippen LogP contribution is 2.30. The lowest BCUT2D eigenvalue weighted by Gasteiger charge is -2.21. The van der Waals surface area contributed by atoms with E-state index in [1.807, 2.05) is 0 Å². The van der Waals surface area contributed by atoms with Gasteiger partial charge in [-0.25, -0.2) is 4.79 Å². The molecule has 1 unspecified atom stereocenters. The molecule has 1 N–H and O–H groups in total. The van der Waals surface area contributed by atoms with Gasteiger partial charge in [0.15, 0.2) is 5.60 Å². The van der Waals surface area contributed by atoms with Gasteiger partial charge in [-0.3, -0.25) is 0 Å².